The average molecular weight is 366 g/mol. The molecule has 0 atom stereocenters. The molecule has 3 rings (SSSR count). The summed E-state index contributed by atoms with van der Waals surface area (Å²) in [7, 11) is 0. The molecule has 1 aromatic carbocycles. The second-order valence-electron chi connectivity index (χ2n) is 5.58. The molecule has 128 valence electrons. The van der Waals surface area contributed by atoms with Crippen molar-refractivity contribution in [3.05, 3.63) is 40.5 Å². The van der Waals surface area contributed by atoms with Crippen LogP contribution < -0.4 is 11.1 Å². The van der Waals surface area contributed by atoms with Crippen LogP contribution in [0, 0.1) is 0 Å². The van der Waals surface area contributed by atoms with Gasteiger partial charge in [-0.05, 0) is 38.6 Å². The summed E-state index contributed by atoms with van der Waals surface area (Å²) in [4.78, 5) is 16.6. The highest BCUT2D eigenvalue weighted by Gasteiger charge is 2.12. The number of rotatable bonds is 5. The van der Waals surface area contributed by atoms with Crippen molar-refractivity contribution in [1.29, 1.82) is 0 Å². The number of thiazole rings is 1. The molecule has 0 aliphatic heterocycles. The van der Waals surface area contributed by atoms with Crippen molar-refractivity contribution in [2.24, 2.45) is 5.73 Å². The third kappa shape index (κ3) is 3.75. The number of halogens is 1. The summed E-state index contributed by atoms with van der Waals surface area (Å²) in [5.41, 5.74) is 7.67. The minimum atomic E-state index is -0.209. The zero-order chi connectivity index (χ0) is 16.4. The van der Waals surface area contributed by atoms with E-state index < -0.39 is 0 Å². The number of nitrogens with zero attached hydrogens (tertiary/aromatic N) is 3. The number of fused-ring (bicyclic) bond motifs is 1. The van der Waals surface area contributed by atoms with Gasteiger partial charge in [-0.3, -0.25) is 9.48 Å². The predicted molar refractivity (Wildman–Crippen MR) is 100 cm³/mol. The molecule has 2 heterocycles. The first-order chi connectivity index (χ1) is 11.1. The van der Waals surface area contributed by atoms with Gasteiger partial charge in [0.05, 0.1) is 16.7 Å². The quantitative estimate of drug-likeness (QED) is 0.726. The summed E-state index contributed by atoms with van der Waals surface area (Å²) in [6, 6.07) is 6.03. The molecule has 2 aromatic heterocycles. The van der Waals surface area contributed by atoms with Gasteiger partial charge in [0.15, 0.2) is 0 Å². The van der Waals surface area contributed by atoms with Gasteiger partial charge in [-0.1, -0.05) is 0 Å². The van der Waals surface area contributed by atoms with Crippen molar-refractivity contribution in [3.63, 3.8) is 0 Å². The van der Waals surface area contributed by atoms with Crippen molar-refractivity contribution < 1.29 is 4.79 Å². The number of carbonyl (C=O) groups is 1. The maximum absolute atomic E-state index is 12.3. The Balaban J connectivity index is 0.00000208. The van der Waals surface area contributed by atoms with Crippen LogP contribution in [-0.4, -0.2) is 27.2 Å². The van der Waals surface area contributed by atoms with Crippen molar-refractivity contribution >= 4 is 46.2 Å². The van der Waals surface area contributed by atoms with Gasteiger partial charge < -0.3 is 11.1 Å². The molecule has 0 aliphatic rings. The van der Waals surface area contributed by atoms with Gasteiger partial charge in [0.1, 0.15) is 5.69 Å². The largest absolute Gasteiger partial charge is 0.330 e. The number of nitrogens with one attached hydrogen (secondary N) is 1. The normalized spacial score (nSPS) is 10.8. The molecule has 0 spiro atoms. The maximum Gasteiger partial charge on any atom is 0.275 e. The van der Waals surface area contributed by atoms with Crippen LogP contribution in [-0.2, 0) is 6.42 Å². The van der Waals surface area contributed by atoms with E-state index in [1.54, 1.807) is 5.38 Å². The monoisotopic (exact) mass is 365 g/mol. The van der Waals surface area contributed by atoms with Crippen molar-refractivity contribution in [2.45, 2.75) is 26.3 Å². The van der Waals surface area contributed by atoms with E-state index in [4.69, 9.17) is 5.73 Å². The Kier molecular flexibility index (Phi) is 5.93. The van der Waals surface area contributed by atoms with E-state index >= 15 is 0 Å². The number of aromatic nitrogens is 3. The van der Waals surface area contributed by atoms with Gasteiger partial charge in [-0.15, -0.1) is 23.7 Å². The molecule has 8 heteroatoms. The van der Waals surface area contributed by atoms with Gasteiger partial charge >= 0.3 is 0 Å². The number of amides is 1. The Morgan fingerprint density at radius 3 is 2.92 bits per heavy atom. The zero-order valence-corrected chi connectivity index (χ0v) is 15.2. The fourth-order valence-corrected chi connectivity index (χ4v) is 3.17. The second-order valence-corrected chi connectivity index (χ2v) is 6.52. The van der Waals surface area contributed by atoms with E-state index in [1.807, 2.05) is 29.1 Å². The Morgan fingerprint density at radius 2 is 2.21 bits per heavy atom. The lowest BCUT2D eigenvalue weighted by Crippen LogP contribution is -2.13. The van der Waals surface area contributed by atoms with Crippen molar-refractivity contribution in [2.75, 3.05) is 11.9 Å². The van der Waals surface area contributed by atoms with Crippen LogP contribution in [0.15, 0.2) is 29.8 Å². The minimum absolute atomic E-state index is 0. The SMILES string of the molecule is CC(C)n1ncc2ccc(NC(=O)c3csc(CCN)n3)cc21.Cl. The van der Waals surface area contributed by atoms with E-state index in [2.05, 4.69) is 29.2 Å². The van der Waals surface area contributed by atoms with Gasteiger partial charge in [0, 0.05) is 28.9 Å². The first-order valence-electron chi connectivity index (χ1n) is 7.51. The second kappa shape index (κ2) is 7.74. The summed E-state index contributed by atoms with van der Waals surface area (Å²) in [6.07, 6.45) is 2.53. The highest BCUT2D eigenvalue weighted by molar-refractivity contribution is 7.09. The summed E-state index contributed by atoms with van der Waals surface area (Å²) >= 11 is 1.46. The molecule has 3 N–H and O–H groups in total. The smallest absolute Gasteiger partial charge is 0.275 e. The van der Waals surface area contributed by atoms with Crippen molar-refractivity contribution in [1.82, 2.24) is 14.8 Å². The third-order valence-corrected chi connectivity index (χ3v) is 4.40. The Bertz CT molecular complexity index is 842. The topological polar surface area (TPSA) is 85.8 Å². The molecular formula is C16H20ClN5OS. The zero-order valence-electron chi connectivity index (χ0n) is 13.5. The molecule has 24 heavy (non-hydrogen) atoms. The van der Waals surface area contributed by atoms with Crippen LogP contribution >= 0.6 is 23.7 Å². The van der Waals surface area contributed by atoms with E-state index in [0.29, 0.717) is 18.7 Å². The predicted octanol–water partition coefficient (Wildman–Crippen LogP) is 3.25. The maximum atomic E-state index is 12.3. The van der Waals surface area contributed by atoms with Crippen LogP contribution in [0.4, 0.5) is 5.69 Å². The Labute approximate surface area is 150 Å². The molecule has 0 bridgehead atoms. The molecule has 1 amide bonds. The standard InChI is InChI=1S/C16H19N5OS.ClH/c1-10(2)21-14-7-12(4-3-11(14)8-18-21)19-16(22)13-9-23-15(20-13)5-6-17;/h3-4,7-10H,5-6,17H2,1-2H3,(H,19,22);1H. The van der Waals surface area contributed by atoms with Gasteiger partial charge in [-0.25, -0.2) is 4.98 Å². The van der Waals surface area contributed by atoms with Crippen LogP contribution in [0.25, 0.3) is 10.9 Å². The molecule has 0 radical (unpaired) electrons. The van der Waals surface area contributed by atoms with Crippen LogP contribution in [0.1, 0.15) is 35.4 Å². The molecule has 0 unspecified atom stereocenters. The van der Waals surface area contributed by atoms with E-state index in [-0.39, 0.29) is 24.4 Å². The molecule has 0 saturated heterocycles. The van der Waals surface area contributed by atoms with Crippen LogP contribution in [0.3, 0.4) is 0 Å². The summed E-state index contributed by atoms with van der Waals surface area (Å²) in [6.45, 7) is 4.68. The van der Waals surface area contributed by atoms with Gasteiger partial charge in [0.25, 0.3) is 5.91 Å². The van der Waals surface area contributed by atoms with Crippen LogP contribution in [0.5, 0.6) is 0 Å². The number of benzene rings is 1. The first kappa shape index (κ1) is 18.4. The molecule has 6 nitrogen and oxygen atoms in total. The molecule has 0 fully saturated rings. The summed E-state index contributed by atoms with van der Waals surface area (Å²) in [5.74, 6) is -0.209. The van der Waals surface area contributed by atoms with Crippen LogP contribution in [0.2, 0.25) is 0 Å². The molecule has 3 aromatic rings. The third-order valence-electron chi connectivity index (χ3n) is 3.49. The summed E-state index contributed by atoms with van der Waals surface area (Å²) < 4.78 is 1.94. The van der Waals surface area contributed by atoms with Crippen molar-refractivity contribution in [3.8, 4) is 0 Å². The van der Waals surface area contributed by atoms with E-state index in [0.717, 1.165) is 21.6 Å². The highest BCUT2D eigenvalue weighted by Crippen LogP contribution is 2.22. The van der Waals surface area contributed by atoms with E-state index in [9.17, 15) is 4.79 Å². The fourth-order valence-electron chi connectivity index (χ4n) is 2.38. The molecular weight excluding hydrogens is 346 g/mol. The lowest BCUT2D eigenvalue weighted by molar-refractivity contribution is 0.102. The average Bonchev–Trinajstić information content (AvgIpc) is 3.13. The fraction of sp³-hybridized carbons (Fsp3) is 0.312. The minimum Gasteiger partial charge on any atom is -0.330 e. The number of hydrogen-bond donors (Lipinski definition) is 2. The highest BCUT2D eigenvalue weighted by atomic mass is 35.5. The summed E-state index contributed by atoms with van der Waals surface area (Å²) in [5, 5.41) is 11.0. The lowest BCUT2D eigenvalue weighted by atomic mass is 10.2. The van der Waals surface area contributed by atoms with Gasteiger partial charge in [-0.2, -0.15) is 5.10 Å². The number of anilines is 1. The number of carbonyl (C=O) groups excluding carboxylic acids is 1. The lowest BCUT2D eigenvalue weighted by Gasteiger charge is -2.08. The number of hydrogen-bond acceptors (Lipinski definition) is 5. The Morgan fingerprint density at radius 1 is 1.42 bits per heavy atom. The first-order valence-corrected chi connectivity index (χ1v) is 8.39. The van der Waals surface area contributed by atoms with Gasteiger partial charge in [0.2, 0.25) is 0 Å². The molecule has 0 saturated carbocycles. The Hall–Kier alpha value is -1.96. The van der Waals surface area contributed by atoms with E-state index in [1.165, 1.54) is 11.3 Å². The molecule has 0 aliphatic carbocycles. The number of nitrogens with two attached hydrogens (primary N) is 1.